The van der Waals surface area contributed by atoms with Crippen LogP contribution < -0.4 is 10.1 Å². The molecule has 0 amide bonds. The van der Waals surface area contributed by atoms with Gasteiger partial charge in [0.05, 0.1) is 12.1 Å². The molecule has 1 aromatic carbocycles. The zero-order valence-corrected chi connectivity index (χ0v) is 14.1. The van der Waals surface area contributed by atoms with E-state index in [1.807, 2.05) is 32.2 Å². The highest BCUT2D eigenvalue weighted by atomic mass is 32.1. The van der Waals surface area contributed by atoms with Crippen molar-refractivity contribution >= 4 is 32.1 Å². The molecule has 0 bridgehead atoms. The number of hydrogen-bond donors (Lipinski definition) is 1. The number of rotatable bonds is 5. The Morgan fingerprint density at radius 2 is 1.81 bits per heavy atom. The molecule has 1 atom stereocenters. The fourth-order valence-electron chi connectivity index (χ4n) is 2.41. The molecule has 0 aliphatic rings. The molecule has 4 heteroatoms. The molecule has 0 spiro atoms. The Morgan fingerprint density at radius 3 is 2.43 bits per heavy atom. The Bertz CT molecular complexity index is 683. The Kier molecular flexibility index (Phi) is 4.29. The van der Waals surface area contributed by atoms with E-state index in [2.05, 4.69) is 47.1 Å². The Labute approximate surface area is 133 Å². The van der Waals surface area contributed by atoms with Gasteiger partial charge in [-0.25, -0.2) is 0 Å². The number of thiophene rings is 2. The molecule has 0 fully saturated rings. The van der Waals surface area contributed by atoms with Crippen molar-refractivity contribution in [3.63, 3.8) is 0 Å². The topological polar surface area (TPSA) is 21.3 Å². The SMILES string of the molecule is CNC(c1ccc(OC(C)C)cc1)c1cc2sccc2s1. The van der Waals surface area contributed by atoms with Gasteiger partial charge in [-0.15, -0.1) is 22.7 Å². The van der Waals surface area contributed by atoms with Crippen LogP contribution in [0.4, 0.5) is 0 Å². The molecule has 21 heavy (non-hydrogen) atoms. The summed E-state index contributed by atoms with van der Waals surface area (Å²) >= 11 is 3.67. The third-order valence-electron chi connectivity index (χ3n) is 3.32. The van der Waals surface area contributed by atoms with Crippen molar-refractivity contribution in [1.82, 2.24) is 5.32 Å². The van der Waals surface area contributed by atoms with Gasteiger partial charge >= 0.3 is 0 Å². The standard InChI is InChI=1S/C17H19NOS2/c1-11(2)19-13-6-4-12(5-7-13)17(18-3)16-10-15-14(21-16)8-9-20-15/h4-11,17-18H,1-3H3. The van der Waals surface area contributed by atoms with Crippen molar-refractivity contribution in [3.8, 4) is 5.75 Å². The molecule has 0 saturated heterocycles. The summed E-state index contributed by atoms with van der Waals surface area (Å²) in [6.45, 7) is 4.09. The normalized spacial score (nSPS) is 13.0. The van der Waals surface area contributed by atoms with Gasteiger partial charge < -0.3 is 10.1 Å². The summed E-state index contributed by atoms with van der Waals surface area (Å²) in [4.78, 5) is 1.36. The van der Waals surface area contributed by atoms with Crippen molar-refractivity contribution in [2.24, 2.45) is 0 Å². The van der Waals surface area contributed by atoms with Gasteiger partial charge in [0, 0.05) is 14.3 Å². The van der Waals surface area contributed by atoms with Gasteiger partial charge in [-0.05, 0) is 56.1 Å². The first-order valence-corrected chi connectivity index (χ1v) is 8.78. The van der Waals surface area contributed by atoms with Crippen molar-refractivity contribution in [2.75, 3.05) is 7.05 Å². The highest BCUT2D eigenvalue weighted by Crippen LogP contribution is 2.36. The molecule has 3 aromatic rings. The van der Waals surface area contributed by atoms with E-state index in [1.165, 1.54) is 19.8 Å². The smallest absolute Gasteiger partial charge is 0.119 e. The second kappa shape index (κ2) is 6.18. The summed E-state index contributed by atoms with van der Waals surface area (Å²) in [5.41, 5.74) is 1.27. The van der Waals surface area contributed by atoms with Gasteiger partial charge in [0.15, 0.2) is 0 Å². The number of benzene rings is 1. The van der Waals surface area contributed by atoms with E-state index in [9.17, 15) is 0 Å². The minimum absolute atomic E-state index is 0.208. The quantitative estimate of drug-likeness (QED) is 0.710. The van der Waals surface area contributed by atoms with Crippen LogP contribution in [0.2, 0.25) is 0 Å². The first-order valence-electron chi connectivity index (χ1n) is 7.08. The summed E-state index contributed by atoms with van der Waals surface area (Å²) in [5, 5.41) is 5.57. The van der Waals surface area contributed by atoms with Crippen LogP contribution in [-0.2, 0) is 0 Å². The molecule has 2 aromatic heterocycles. The second-order valence-corrected chi connectivity index (χ2v) is 7.32. The average molecular weight is 317 g/mol. The molecule has 1 N–H and O–H groups in total. The van der Waals surface area contributed by atoms with E-state index in [4.69, 9.17) is 4.74 Å². The molecule has 3 rings (SSSR count). The van der Waals surface area contributed by atoms with Gasteiger partial charge in [-0.2, -0.15) is 0 Å². The van der Waals surface area contributed by atoms with Crippen LogP contribution in [0, 0.1) is 0 Å². The zero-order chi connectivity index (χ0) is 14.8. The second-order valence-electron chi connectivity index (χ2n) is 5.26. The molecule has 0 aliphatic carbocycles. The van der Waals surface area contributed by atoms with Gasteiger partial charge in [0.25, 0.3) is 0 Å². The molecule has 1 unspecified atom stereocenters. The molecule has 110 valence electrons. The lowest BCUT2D eigenvalue weighted by Crippen LogP contribution is -2.16. The molecule has 2 nitrogen and oxygen atoms in total. The fourth-order valence-corrected chi connectivity index (χ4v) is 4.67. The predicted molar refractivity (Wildman–Crippen MR) is 92.8 cm³/mol. The van der Waals surface area contributed by atoms with Gasteiger partial charge in [0.2, 0.25) is 0 Å². The lowest BCUT2D eigenvalue weighted by atomic mass is 10.1. The van der Waals surface area contributed by atoms with E-state index < -0.39 is 0 Å². The van der Waals surface area contributed by atoms with Crippen LogP contribution in [0.15, 0.2) is 41.8 Å². The number of hydrogen-bond acceptors (Lipinski definition) is 4. The van der Waals surface area contributed by atoms with Gasteiger partial charge in [0.1, 0.15) is 5.75 Å². The minimum atomic E-state index is 0.208. The summed E-state index contributed by atoms with van der Waals surface area (Å²) in [5.74, 6) is 0.927. The van der Waals surface area contributed by atoms with Crippen LogP contribution in [-0.4, -0.2) is 13.2 Å². The Morgan fingerprint density at radius 1 is 1.05 bits per heavy atom. The lowest BCUT2D eigenvalue weighted by Gasteiger charge is -2.16. The van der Waals surface area contributed by atoms with Crippen LogP contribution in [0.5, 0.6) is 5.75 Å². The first-order chi connectivity index (χ1) is 10.2. The summed E-state index contributed by atoms with van der Waals surface area (Å²) in [6.07, 6.45) is 0.208. The maximum Gasteiger partial charge on any atom is 0.119 e. The number of ether oxygens (including phenoxy) is 1. The van der Waals surface area contributed by atoms with Gasteiger partial charge in [-0.1, -0.05) is 12.1 Å². The molecular formula is C17H19NOS2. The lowest BCUT2D eigenvalue weighted by molar-refractivity contribution is 0.242. The molecule has 0 radical (unpaired) electrons. The summed E-state index contributed by atoms with van der Waals surface area (Å²) in [7, 11) is 2.01. The van der Waals surface area contributed by atoms with Gasteiger partial charge in [-0.3, -0.25) is 0 Å². The van der Waals surface area contributed by atoms with E-state index >= 15 is 0 Å². The third kappa shape index (κ3) is 3.12. The van der Waals surface area contributed by atoms with E-state index in [0.717, 1.165) is 5.75 Å². The van der Waals surface area contributed by atoms with Crippen LogP contribution in [0.25, 0.3) is 9.40 Å². The van der Waals surface area contributed by atoms with Crippen LogP contribution in [0.1, 0.15) is 30.3 Å². The predicted octanol–water partition coefficient (Wildman–Crippen LogP) is 5.06. The third-order valence-corrected chi connectivity index (χ3v) is 5.48. The Balaban J connectivity index is 1.87. The van der Waals surface area contributed by atoms with Crippen molar-refractivity contribution in [3.05, 3.63) is 52.2 Å². The van der Waals surface area contributed by atoms with Crippen LogP contribution in [0.3, 0.4) is 0 Å². The van der Waals surface area contributed by atoms with E-state index in [-0.39, 0.29) is 12.1 Å². The Hall–Kier alpha value is -1.36. The van der Waals surface area contributed by atoms with E-state index in [0.29, 0.717) is 0 Å². The zero-order valence-electron chi connectivity index (χ0n) is 12.4. The molecule has 2 heterocycles. The average Bonchev–Trinajstić information content (AvgIpc) is 3.02. The number of fused-ring (bicyclic) bond motifs is 1. The summed E-state index contributed by atoms with van der Waals surface area (Å²) in [6, 6.07) is 13.1. The molecule has 0 aliphatic heterocycles. The minimum Gasteiger partial charge on any atom is -0.491 e. The monoisotopic (exact) mass is 317 g/mol. The fraction of sp³-hybridized carbons (Fsp3) is 0.294. The highest BCUT2D eigenvalue weighted by molar-refractivity contribution is 7.27. The maximum absolute atomic E-state index is 5.71. The van der Waals surface area contributed by atoms with Crippen molar-refractivity contribution < 1.29 is 4.74 Å². The van der Waals surface area contributed by atoms with Crippen LogP contribution >= 0.6 is 22.7 Å². The number of nitrogens with one attached hydrogen (secondary N) is 1. The largest absolute Gasteiger partial charge is 0.491 e. The van der Waals surface area contributed by atoms with Crippen molar-refractivity contribution in [1.29, 1.82) is 0 Å². The van der Waals surface area contributed by atoms with E-state index in [1.54, 1.807) is 11.3 Å². The molecular weight excluding hydrogens is 298 g/mol. The first kappa shape index (κ1) is 14.6. The molecule has 0 saturated carbocycles. The highest BCUT2D eigenvalue weighted by Gasteiger charge is 2.15. The summed E-state index contributed by atoms with van der Waals surface area (Å²) < 4.78 is 8.45. The van der Waals surface area contributed by atoms with Crippen molar-refractivity contribution in [2.45, 2.75) is 26.0 Å². The maximum atomic E-state index is 5.71.